The topological polar surface area (TPSA) is 29.5 Å². The molecule has 0 aliphatic carbocycles. The SMILES string of the molecule is CC1(C)CON(Cc2ccc(C(F)(F)F)cc2)C1=O. The number of hydrogen-bond acceptors (Lipinski definition) is 2. The summed E-state index contributed by atoms with van der Waals surface area (Å²) in [6, 6.07) is 4.71. The maximum absolute atomic E-state index is 12.4. The van der Waals surface area contributed by atoms with Crippen molar-refractivity contribution in [3.63, 3.8) is 0 Å². The van der Waals surface area contributed by atoms with E-state index < -0.39 is 17.2 Å². The monoisotopic (exact) mass is 273 g/mol. The Labute approximate surface area is 108 Å². The lowest BCUT2D eigenvalue weighted by Gasteiger charge is -2.16. The van der Waals surface area contributed by atoms with Gasteiger partial charge in [-0.3, -0.25) is 9.63 Å². The van der Waals surface area contributed by atoms with E-state index in [1.54, 1.807) is 13.8 Å². The van der Waals surface area contributed by atoms with Gasteiger partial charge in [-0.15, -0.1) is 0 Å². The van der Waals surface area contributed by atoms with Crippen molar-refractivity contribution in [1.82, 2.24) is 5.06 Å². The zero-order valence-corrected chi connectivity index (χ0v) is 10.6. The van der Waals surface area contributed by atoms with Crippen molar-refractivity contribution in [2.75, 3.05) is 6.61 Å². The normalized spacial score (nSPS) is 19.0. The number of halogens is 3. The van der Waals surface area contributed by atoms with Gasteiger partial charge in [0.1, 0.15) is 0 Å². The lowest BCUT2D eigenvalue weighted by molar-refractivity contribution is -0.165. The lowest BCUT2D eigenvalue weighted by atomic mass is 9.95. The average Bonchev–Trinajstić information content (AvgIpc) is 2.56. The van der Waals surface area contributed by atoms with E-state index in [1.807, 2.05) is 0 Å². The largest absolute Gasteiger partial charge is 0.416 e. The molecule has 0 spiro atoms. The second-order valence-corrected chi connectivity index (χ2v) is 5.19. The van der Waals surface area contributed by atoms with Gasteiger partial charge in [-0.05, 0) is 31.5 Å². The van der Waals surface area contributed by atoms with Crippen molar-refractivity contribution >= 4 is 5.91 Å². The standard InChI is InChI=1S/C13H14F3NO2/c1-12(2)8-19-17(11(12)18)7-9-3-5-10(6-4-9)13(14,15)16/h3-6H,7-8H2,1-2H3. The number of hydrogen-bond donors (Lipinski definition) is 0. The number of hydroxylamine groups is 2. The maximum Gasteiger partial charge on any atom is 0.416 e. The highest BCUT2D eigenvalue weighted by molar-refractivity contribution is 5.82. The van der Waals surface area contributed by atoms with Gasteiger partial charge in [0, 0.05) is 0 Å². The van der Waals surface area contributed by atoms with Crippen molar-refractivity contribution in [2.24, 2.45) is 5.41 Å². The van der Waals surface area contributed by atoms with E-state index in [0.29, 0.717) is 5.56 Å². The molecule has 1 aliphatic heterocycles. The number of rotatable bonds is 2. The van der Waals surface area contributed by atoms with Gasteiger partial charge in [-0.25, -0.2) is 5.06 Å². The van der Waals surface area contributed by atoms with Gasteiger partial charge in [-0.2, -0.15) is 13.2 Å². The molecule has 3 nitrogen and oxygen atoms in total. The second kappa shape index (κ2) is 4.52. The Bertz CT molecular complexity index is 480. The third-order valence-electron chi connectivity index (χ3n) is 2.99. The van der Waals surface area contributed by atoms with Crippen LogP contribution < -0.4 is 0 Å². The predicted molar refractivity (Wildman–Crippen MR) is 61.7 cm³/mol. The van der Waals surface area contributed by atoms with Gasteiger partial charge >= 0.3 is 6.18 Å². The summed E-state index contributed by atoms with van der Waals surface area (Å²) in [7, 11) is 0. The highest BCUT2D eigenvalue weighted by atomic mass is 19.4. The van der Waals surface area contributed by atoms with E-state index in [9.17, 15) is 18.0 Å². The number of benzene rings is 1. The van der Waals surface area contributed by atoms with Crippen LogP contribution in [0.15, 0.2) is 24.3 Å². The molecule has 1 aliphatic rings. The molecular formula is C13H14F3NO2. The Balaban J connectivity index is 2.07. The van der Waals surface area contributed by atoms with Crippen LogP contribution in [0.1, 0.15) is 25.0 Å². The van der Waals surface area contributed by atoms with E-state index in [0.717, 1.165) is 12.1 Å². The Morgan fingerprint density at radius 2 is 1.84 bits per heavy atom. The summed E-state index contributed by atoms with van der Waals surface area (Å²) in [6.45, 7) is 3.97. The molecule has 1 fully saturated rings. The zero-order valence-electron chi connectivity index (χ0n) is 10.6. The van der Waals surface area contributed by atoms with Crippen molar-refractivity contribution in [3.8, 4) is 0 Å². The number of alkyl halides is 3. The molecular weight excluding hydrogens is 259 g/mol. The summed E-state index contributed by atoms with van der Waals surface area (Å²) in [5.74, 6) is -0.160. The molecule has 0 saturated carbocycles. The molecule has 0 radical (unpaired) electrons. The second-order valence-electron chi connectivity index (χ2n) is 5.19. The van der Waals surface area contributed by atoms with E-state index in [1.165, 1.54) is 17.2 Å². The van der Waals surface area contributed by atoms with Crippen LogP contribution in [0.5, 0.6) is 0 Å². The van der Waals surface area contributed by atoms with Crippen molar-refractivity contribution in [3.05, 3.63) is 35.4 Å². The van der Waals surface area contributed by atoms with Gasteiger partial charge in [0.25, 0.3) is 5.91 Å². The molecule has 1 heterocycles. The highest BCUT2D eigenvalue weighted by Crippen LogP contribution is 2.30. The van der Waals surface area contributed by atoms with Crippen LogP contribution in [0.2, 0.25) is 0 Å². The van der Waals surface area contributed by atoms with Crippen LogP contribution >= 0.6 is 0 Å². The first-order chi connectivity index (χ1) is 8.70. The minimum absolute atomic E-state index is 0.153. The summed E-state index contributed by atoms with van der Waals surface area (Å²) in [4.78, 5) is 17.1. The van der Waals surface area contributed by atoms with E-state index in [4.69, 9.17) is 4.84 Å². The van der Waals surface area contributed by atoms with Crippen LogP contribution in [-0.2, 0) is 22.4 Å². The van der Waals surface area contributed by atoms with E-state index in [-0.39, 0.29) is 19.1 Å². The van der Waals surface area contributed by atoms with Crippen molar-refractivity contribution < 1.29 is 22.8 Å². The minimum Gasteiger partial charge on any atom is -0.272 e. The highest BCUT2D eigenvalue weighted by Gasteiger charge is 2.40. The fraction of sp³-hybridized carbons (Fsp3) is 0.462. The molecule has 6 heteroatoms. The van der Waals surface area contributed by atoms with Crippen LogP contribution in [0, 0.1) is 5.41 Å². The molecule has 1 amide bonds. The number of nitrogens with zero attached hydrogens (tertiary/aromatic N) is 1. The fourth-order valence-corrected chi connectivity index (χ4v) is 1.78. The number of amides is 1. The molecule has 0 atom stereocenters. The van der Waals surface area contributed by atoms with Gasteiger partial charge in [0.15, 0.2) is 0 Å². The Morgan fingerprint density at radius 3 is 2.26 bits per heavy atom. The molecule has 19 heavy (non-hydrogen) atoms. The third-order valence-corrected chi connectivity index (χ3v) is 2.99. The van der Waals surface area contributed by atoms with Gasteiger partial charge < -0.3 is 0 Å². The fourth-order valence-electron chi connectivity index (χ4n) is 1.78. The Kier molecular flexibility index (Phi) is 3.30. The van der Waals surface area contributed by atoms with Crippen molar-refractivity contribution in [2.45, 2.75) is 26.6 Å². The number of carbonyl (C=O) groups is 1. The first-order valence-corrected chi connectivity index (χ1v) is 5.81. The molecule has 1 aromatic carbocycles. The summed E-state index contributed by atoms with van der Waals surface area (Å²) in [5.41, 5.74) is -0.685. The first kappa shape index (κ1) is 13.9. The predicted octanol–water partition coefficient (Wildman–Crippen LogP) is 3.01. The molecule has 0 aromatic heterocycles. The van der Waals surface area contributed by atoms with Crippen LogP contribution in [0.25, 0.3) is 0 Å². The van der Waals surface area contributed by atoms with Gasteiger partial charge in [0.05, 0.1) is 24.1 Å². The molecule has 0 unspecified atom stereocenters. The smallest absolute Gasteiger partial charge is 0.272 e. The van der Waals surface area contributed by atoms with Gasteiger partial charge in [-0.1, -0.05) is 12.1 Å². The summed E-state index contributed by atoms with van der Waals surface area (Å²) >= 11 is 0. The van der Waals surface area contributed by atoms with E-state index >= 15 is 0 Å². The Hall–Kier alpha value is -1.56. The summed E-state index contributed by atoms with van der Waals surface area (Å²) in [5, 5.41) is 1.20. The van der Waals surface area contributed by atoms with E-state index in [2.05, 4.69) is 0 Å². The molecule has 0 bridgehead atoms. The third kappa shape index (κ3) is 2.89. The maximum atomic E-state index is 12.4. The molecule has 1 saturated heterocycles. The minimum atomic E-state index is -4.35. The molecule has 104 valence electrons. The lowest BCUT2D eigenvalue weighted by Crippen LogP contribution is -2.30. The molecule has 0 N–H and O–H groups in total. The average molecular weight is 273 g/mol. The quantitative estimate of drug-likeness (QED) is 0.829. The van der Waals surface area contributed by atoms with Crippen LogP contribution in [0.3, 0.4) is 0 Å². The van der Waals surface area contributed by atoms with Crippen molar-refractivity contribution in [1.29, 1.82) is 0 Å². The molecule has 2 rings (SSSR count). The van der Waals surface area contributed by atoms with Gasteiger partial charge in [0.2, 0.25) is 0 Å². The number of carbonyl (C=O) groups excluding carboxylic acids is 1. The zero-order chi connectivity index (χ0) is 14.3. The van der Waals surface area contributed by atoms with Crippen LogP contribution in [-0.4, -0.2) is 17.6 Å². The Morgan fingerprint density at radius 1 is 1.26 bits per heavy atom. The summed E-state index contributed by atoms with van der Waals surface area (Å²) in [6.07, 6.45) is -4.35. The van der Waals surface area contributed by atoms with Crippen LogP contribution in [0.4, 0.5) is 13.2 Å². The molecule has 1 aromatic rings. The first-order valence-electron chi connectivity index (χ1n) is 5.81. The summed E-state index contributed by atoms with van der Waals surface area (Å²) < 4.78 is 37.2.